The first kappa shape index (κ1) is 9.50. The molecular weight excluding hydrogens is 162 g/mol. The molecule has 0 heterocycles. The van der Waals surface area contributed by atoms with Gasteiger partial charge in [0.2, 0.25) is 0 Å². The van der Waals surface area contributed by atoms with Gasteiger partial charge < -0.3 is 9.58 Å². The Labute approximate surface area is 78.3 Å². The van der Waals surface area contributed by atoms with Crippen molar-refractivity contribution in [1.82, 2.24) is 0 Å². The lowest BCUT2D eigenvalue weighted by Crippen LogP contribution is -1.91. The molecule has 2 heteroatoms. The molecule has 2 nitrogen and oxygen atoms in total. The highest BCUT2D eigenvalue weighted by atomic mass is 16.5. The van der Waals surface area contributed by atoms with E-state index in [2.05, 4.69) is 11.0 Å². The largest absolute Gasteiger partial charge is 0.479 e. The average Bonchev–Trinajstić information content (AvgIpc) is 2.19. The number of hydrogen-bond donors (Lipinski definition) is 0. The lowest BCUT2D eigenvalue weighted by atomic mass is 10.2. The lowest BCUT2D eigenvalue weighted by Gasteiger charge is -2.01. The van der Waals surface area contributed by atoms with Gasteiger partial charge in [0.05, 0.1) is 6.61 Å². The molecule has 0 N–H and O–H groups in total. The summed E-state index contributed by atoms with van der Waals surface area (Å²) in [6, 6.07) is 9.92. The van der Waals surface area contributed by atoms with Gasteiger partial charge in [-0.05, 0) is 5.56 Å². The van der Waals surface area contributed by atoms with Crippen LogP contribution in [0.5, 0.6) is 0 Å². The zero-order chi connectivity index (χ0) is 9.36. The van der Waals surface area contributed by atoms with Crippen molar-refractivity contribution in [2.24, 2.45) is 0 Å². The van der Waals surface area contributed by atoms with E-state index < -0.39 is 0 Å². The lowest BCUT2D eigenvalue weighted by molar-refractivity contribution is 0.148. The topological polar surface area (TPSA) is 13.6 Å². The Morgan fingerprint density at radius 1 is 1.38 bits per heavy atom. The van der Waals surface area contributed by atoms with Gasteiger partial charge in [0, 0.05) is 6.61 Å². The molecule has 0 bridgehead atoms. The van der Waals surface area contributed by atoms with Crippen LogP contribution in [0.1, 0.15) is 5.56 Å². The van der Waals surface area contributed by atoms with Crippen LogP contribution in [0.4, 0.5) is 0 Å². The highest BCUT2D eigenvalue weighted by Crippen LogP contribution is 1.99. The second-order valence-electron chi connectivity index (χ2n) is 2.45. The number of ether oxygens (including phenoxy) is 1. The SMILES string of the molecule is [C-]#[N+][C-]=CCOCc1ccccc1. The normalized spacial score (nSPS) is 10.1. The molecule has 0 aromatic heterocycles. The highest BCUT2D eigenvalue weighted by molar-refractivity contribution is 5.13. The minimum Gasteiger partial charge on any atom is -0.479 e. The van der Waals surface area contributed by atoms with Crippen molar-refractivity contribution in [2.45, 2.75) is 6.61 Å². The summed E-state index contributed by atoms with van der Waals surface area (Å²) in [7, 11) is 0. The second-order valence-corrected chi connectivity index (χ2v) is 2.45. The summed E-state index contributed by atoms with van der Waals surface area (Å²) < 4.78 is 5.26. The molecule has 13 heavy (non-hydrogen) atoms. The second kappa shape index (κ2) is 5.99. The fourth-order valence-corrected chi connectivity index (χ4v) is 0.893. The fourth-order valence-electron chi connectivity index (χ4n) is 0.893. The van der Waals surface area contributed by atoms with Gasteiger partial charge in [-0.3, -0.25) is 6.57 Å². The molecule has 0 saturated heterocycles. The minimum absolute atomic E-state index is 0.442. The molecule has 1 aromatic carbocycles. The van der Waals surface area contributed by atoms with E-state index in [4.69, 9.17) is 11.3 Å². The third-order valence-electron chi connectivity index (χ3n) is 1.47. The molecular formula is C11H10NO-. The smallest absolute Gasteiger partial charge is 0.0719 e. The molecule has 0 atom stereocenters. The average molecular weight is 172 g/mol. The molecule has 0 unspecified atom stereocenters. The molecule has 1 rings (SSSR count). The molecule has 0 spiro atoms. The van der Waals surface area contributed by atoms with E-state index in [-0.39, 0.29) is 0 Å². The van der Waals surface area contributed by atoms with Gasteiger partial charge in [0.25, 0.3) is 0 Å². The van der Waals surface area contributed by atoms with E-state index in [0.29, 0.717) is 13.2 Å². The maximum Gasteiger partial charge on any atom is 0.0719 e. The monoisotopic (exact) mass is 172 g/mol. The van der Waals surface area contributed by atoms with Gasteiger partial charge in [0.15, 0.2) is 0 Å². The Hall–Kier alpha value is -1.59. The van der Waals surface area contributed by atoms with Gasteiger partial charge in [-0.25, -0.2) is 0 Å². The third-order valence-corrected chi connectivity index (χ3v) is 1.47. The third kappa shape index (κ3) is 4.09. The zero-order valence-electron chi connectivity index (χ0n) is 7.23. The van der Waals surface area contributed by atoms with Crippen LogP contribution in [0, 0.1) is 12.8 Å². The summed E-state index contributed by atoms with van der Waals surface area (Å²) in [5.41, 5.74) is 1.14. The first-order valence-electron chi connectivity index (χ1n) is 3.99. The fraction of sp³-hybridized carbons (Fsp3) is 0.182. The van der Waals surface area contributed by atoms with Crippen LogP contribution in [0.3, 0.4) is 0 Å². The predicted molar refractivity (Wildman–Crippen MR) is 50.5 cm³/mol. The summed E-state index contributed by atoms with van der Waals surface area (Å²) in [4.78, 5) is 2.94. The summed E-state index contributed by atoms with van der Waals surface area (Å²) in [5.74, 6) is 0. The Bertz CT molecular complexity index is 298. The van der Waals surface area contributed by atoms with E-state index >= 15 is 0 Å². The Morgan fingerprint density at radius 2 is 2.15 bits per heavy atom. The van der Waals surface area contributed by atoms with Crippen LogP contribution < -0.4 is 0 Å². The minimum atomic E-state index is 0.442. The van der Waals surface area contributed by atoms with E-state index in [9.17, 15) is 0 Å². The van der Waals surface area contributed by atoms with Gasteiger partial charge in [-0.1, -0.05) is 36.5 Å². The number of rotatable bonds is 4. The molecule has 1 aromatic rings. The van der Waals surface area contributed by atoms with Crippen LogP contribution in [-0.4, -0.2) is 6.61 Å². The van der Waals surface area contributed by atoms with E-state index in [1.165, 1.54) is 0 Å². The molecule has 0 aliphatic rings. The Kier molecular flexibility index (Phi) is 4.37. The van der Waals surface area contributed by atoms with Crippen molar-refractivity contribution in [3.8, 4) is 0 Å². The van der Waals surface area contributed by atoms with Crippen molar-refractivity contribution in [3.05, 3.63) is 59.6 Å². The standard InChI is InChI=1S/C11H10NO/c1-12-8-5-9-13-10-11-6-3-2-4-7-11/h2-7H,9-10H2/q-1. The number of nitrogens with zero attached hydrogens (tertiary/aromatic N) is 1. The van der Waals surface area contributed by atoms with Gasteiger partial charge in [0.1, 0.15) is 0 Å². The number of hydrogen-bond acceptors (Lipinski definition) is 1. The molecule has 0 radical (unpaired) electrons. The zero-order valence-corrected chi connectivity index (χ0v) is 7.23. The summed E-state index contributed by atoms with van der Waals surface area (Å²) in [6.07, 6.45) is 3.96. The van der Waals surface area contributed by atoms with E-state index in [1.807, 2.05) is 30.3 Å². The van der Waals surface area contributed by atoms with Crippen LogP contribution in [-0.2, 0) is 11.3 Å². The molecule has 0 fully saturated rings. The Morgan fingerprint density at radius 3 is 2.85 bits per heavy atom. The van der Waals surface area contributed by atoms with Crippen molar-refractivity contribution >= 4 is 0 Å². The molecule has 0 amide bonds. The first-order valence-corrected chi connectivity index (χ1v) is 3.99. The predicted octanol–water partition coefficient (Wildman–Crippen LogP) is 2.44. The van der Waals surface area contributed by atoms with Gasteiger partial charge in [-0.2, -0.15) is 6.08 Å². The summed E-state index contributed by atoms with van der Waals surface area (Å²) >= 11 is 0. The summed E-state index contributed by atoms with van der Waals surface area (Å²) in [5, 5.41) is 0. The maximum absolute atomic E-state index is 6.43. The van der Waals surface area contributed by atoms with Crippen LogP contribution in [0.25, 0.3) is 4.85 Å². The van der Waals surface area contributed by atoms with E-state index in [0.717, 1.165) is 5.56 Å². The van der Waals surface area contributed by atoms with Crippen LogP contribution in [0.2, 0.25) is 0 Å². The quantitative estimate of drug-likeness (QED) is 0.502. The van der Waals surface area contributed by atoms with Crippen molar-refractivity contribution in [2.75, 3.05) is 6.61 Å². The van der Waals surface area contributed by atoms with E-state index in [1.54, 1.807) is 6.08 Å². The van der Waals surface area contributed by atoms with Gasteiger partial charge in [-0.15, -0.1) is 0 Å². The highest BCUT2D eigenvalue weighted by Gasteiger charge is 1.87. The molecule has 0 saturated carbocycles. The number of benzene rings is 1. The summed E-state index contributed by atoms with van der Waals surface area (Å²) in [6.45, 7) is 7.45. The van der Waals surface area contributed by atoms with Crippen LogP contribution >= 0.6 is 0 Å². The van der Waals surface area contributed by atoms with Crippen molar-refractivity contribution in [3.63, 3.8) is 0 Å². The van der Waals surface area contributed by atoms with Crippen molar-refractivity contribution < 1.29 is 4.74 Å². The van der Waals surface area contributed by atoms with Gasteiger partial charge >= 0.3 is 0 Å². The molecule has 0 aliphatic carbocycles. The van der Waals surface area contributed by atoms with Crippen molar-refractivity contribution in [1.29, 1.82) is 0 Å². The first-order chi connectivity index (χ1) is 6.43. The molecule has 0 aliphatic heterocycles. The van der Waals surface area contributed by atoms with Crippen LogP contribution in [0.15, 0.2) is 36.4 Å². The molecule has 66 valence electrons. The maximum atomic E-state index is 6.43. The Balaban J connectivity index is 2.21.